The van der Waals surface area contributed by atoms with Crippen LogP contribution in [0.4, 0.5) is 0 Å². The minimum absolute atomic E-state index is 0.467. The van der Waals surface area contributed by atoms with E-state index in [4.69, 9.17) is 4.74 Å². The summed E-state index contributed by atoms with van der Waals surface area (Å²) in [6, 6.07) is 1.12. The zero-order chi connectivity index (χ0) is 11.3. The highest BCUT2D eigenvalue weighted by Gasteiger charge is 2.24. The highest BCUT2D eigenvalue weighted by atomic mass is 16.5. The summed E-state index contributed by atoms with van der Waals surface area (Å²) in [7, 11) is 8.19. The van der Waals surface area contributed by atoms with Crippen molar-refractivity contribution in [2.24, 2.45) is 0 Å². The fraction of sp³-hybridized carbons (Fsp3) is 1.00. The van der Waals surface area contributed by atoms with Crippen LogP contribution in [0.3, 0.4) is 0 Å². The van der Waals surface area contributed by atoms with Gasteiger partial charge in [-0.1, -0.05) is 0 Å². The van der Waals surface area contributed by atoms with Crippen molar-refractivity contribution in [2.75, 3.05) is 54.5 Å². The number of hydrogen-bond acceptors (Lipinski definition) is 4. The van der Waals surface area contributed by atoms with Gasteiger partial charge >= 0.3 is 0 Å². The van der Waals surface area contributed by atoms with Gasteiger partial charge in [-0.2, -0.15) is 0 Å². The third-order valence-electron chi connectivity index (χ3n) is 3.31. The molecule has 15 heavy (non-hydrogen) atoms. The summed E-state index contributed by atoms with van der Waals surface area (Å²) in [4.78, 5) is 4.87. The summed E-state index contributed by atoms with van der Waals surface area (Å²) in [5.41, 5.74) is 0. The van der Waals surface area contributed by atoms with Crippen LogP contribution in [0.5, 0.6) is 0 Å². The molecule has 1 aliphatic rings. The van der Waals surface area contributed by atoms with Gasteiger partial charge < -0.3 is 19.9 Å². The highest BCUT2D eigenvalue weighted by Crippen LogP contribution is 2.11. The Hall–Kier alpha value is -0.160. The predicted molar refractivity (Wildman–Crippen MR) is 63.3 cm³/mol. The average Bonchev–Trinajstić information content (AvgIpc) is 2.22. The first-order valence-corrected chi connectivity index (χ1v) is 5.72. The first-order chi connectivity index (χ1) is 7.17. The average molecular weight is 215 g/mol. The quantitative estimate of drug-likeness (QED) is 0.691. The fourth-order valence-corrected chi connectivity index (χ4v) is 2.15. The van der Waals surface area contributed by atoms with Crippen LogP contribution in [0.1, 0.15) is 6.42 Å². The monoisotopic (exact) mass is 215 g/mol. The third kappa shape index (κ3) is 4.07. The van der Waals surface area contributed by atoms with E-state index in [2.05, 4.69) is 29.2 Å². The maximum atomic E-state index is 5.20. The Labute approximate surface area is 93.6 Å². The predicted octanol–water partition coefficient (Wildman–Crippen LogP) is -0.143. The molecule has 1 saturated heterocycles. The molecule has 1 N–H and O–H groups in total. The molecule has 4 heteroatoms. The molecule has 2 atom stereocenters. The standard InChI is InChI=1S/C11H25N3O/c1-12-10(9-15-4)7-11-8-13(2)5-6-14(11)3/h10-12H,5-9H2,1-4H3. The number of nitrogens with one attached hydrogen (secondary N) is 1. The van der Waals surface area contributed by atoms with Gasteiger partial charge in [0, 0.05) is 38.8 Å². The minimum Gasteiger partial charge on any atom is -0.383 e. The van der Waals surface area contributed by atoms with Crippen LogP contribution in [0.2, 0.25) is 0 Å². The lowest BCUT2D eigenvalue weighted by Gasteiger charge is -2.39. The Kier molecular flexibility index (Phi) is 5.53. The second kappa shape index (κ2) is 6.43. The van der Waals surface area contributed by atoms with Crippen LogP contribution in [-0.4, -0.2) is 76.4 Å². The molecule has 2 unspecified atom stereocenters. The van der Waals surface area contributed by atoms with Gasteiger partial charge in [-0.15, -0.1) is 0 Å². The Morgan fingerprint density at radius 3 is 2.73 bits per heavy atom. The topological polar surface area (TPSA) is 27.7 Å². The number of nitrogens with zero attached hydrogens (tertiary/aromatic N) is 2. The van der Waals surface area contributed by atoms with Gasteiger partial charge in [0.05, 0.1) is 6.61 Å². The molecule has 1 rings (SSSR count). The van der Waals surface area contributed by atoms with Crippen LogP contribution >= 0.6 is 0 Å². The van der Waals surface area contributed by atoms with Crippen molar-refractivity contribution < 1.29 is 4.74 Å². The maximum Gasteiger partial charge on any atom is 0.0616 e. The molecular formula is C11H25N3O. The smallest absolute Gasteiger partial charge is 0.0616 e. The number of hydrogen-bond donors (Lipinski definition) is 1. The van der Waals surface area contributed by atoms with Crippen molar-refractivity contribution in [3.05, 3.63) is 0 Å². The van der Waals surface area contributed by atoms with Crippen molar-refractivity contribution in [1.29, 1.82) is 0 Å². The lowest BCUT2D eigenvalue weighted by molar-refractivity contribution is 0.0863. The van der Waals surface area contributed by atoms with E-state index in [-0.39, 0.29) is 0 Å². The lowest BCUT2D eigenvalue weighted by Crippen LogP contribution is -2.52. The zero-order valence-electron chi connectivity index (χ0n) is 10.5. The van der Waals surface area contributed by atoms with Gasteiger partial charge in [0.1, 0.15) is 0 Å². The number of rotatable bonds is 5. The molecule has 0 spiro atoms. The van der Waals surface area contributed by atoms with E-state index >= 15 is 0 Å². The molecular weight excluding hydrogens is 190 g/mol. The van der Waals surface area contributed by atoms with Crippen molar-refractivity contribution in [2.45, 2.75) is 18.5 Å². The normalized spacial score (nSPS) is 26.8. The van der Waals surface area contributed by atoms with E-state index in [0.717, 1.165) is 13.0 Å². The molecule has 0 aromatic carbocycles. The Morgan fingerprint density at radius 2 is 2.13 bits per heavy atom. The van der Waals surface area contributed by atoms with E-state index in [1.165, 1.54) is 19.6 Å². The molecule has 0 bridgehead atoms. The van der Waals surface area contributed by atoms with Gasteiger partial charge in [-0.3, -0.25) is 0 Å². The molecule has 0 radical (unpaired) electrons. The van der Waals surface area contributed by atoms with E-state index in [1.54, 1.807) is 7.11 Å². The molecule has 1 heterocycles. The van der Waals surface area contributed by atoms with Gasteiger partial charge in [0.2, 0.25) is 0 Å². The van der Waals surface area contributed by atoms with Crippen LogP contribution in [0, 0.1) is 0 Å². The third-order valence-corrected chi connectivity index (χ3v) is 3.31. The molecule has 0 aromatic rings. The van der Waals surface area contributed by atoms with Gasteiger partial charge in [-0.25, -0.2) is 0 Å². The Bertz CT molecular complexity index is 177. The molecule has 0 amide bonds. The summed E-state index contributed by atoms with van der Waals surface area (Å²) < 4.78 is 5.20. The molecule has 90 valence electrons. The lowest BCUT2D eigenvalue weighted by atomic mass is 10.0. The van der Waals surface area contributed by atoms with E-state index < -0.39 is 0 Å². The van der Waals surface area contributed by atoms with Crippen LogP contribution in [-0.2, 0) is 4.74 Å². The highest BCUT2D eigenvalue weighted by molar-refractivity contribution is 4.82. The molecule has 1 fully saturated rings. The van der Waals surface area contributed by atoms with Crippen LogP contribution in [0.15, 0.2) is 0 Å². The molecule has 1 aliphatic heterocycles. The van der Waals surface area contributed by atoms with Crippen molar-refractivity contribution >= 4 is 0 Å². The van der Waals surface area contributed by atoms with Gasteiger partial charge in [0.15, 0.2) is 0 Å². The first-order valence-electron chi connectivity index (χ1n) is 5.72. The SMILES string of the molecule is CNC(COC)CC1CN(C)CCN1C. The number of piperazine rings is 1. The van der Waals surface area contributed by atoms with Gasteiger partial charge in [0.25, 0.3) is 0 Å². The number of ether oxygens (including phenoxy) is 1. The van der Waals surface area contributed by atoms with E-state index in [9.17, 15) is 0 Å². The Balaban J connectivity index is 2.39. The molecule has 0 saturated carbocycles. The van der Waals surface area contributed by atoms with Crippen LogP contribution in [0.25, 0.3) is 0 Å². The van der Waals surface area contributed by atoms with Crippen molar-refractivity contribution in [3.63, 3.8) is 0 Å². The largest absolute Gasteiger partial charge is 0.383 e. The van der Waals surface area contributed by atoms with Crippen molar-refractivity contribution in [1.82, 2.24) is 15.1 Å². The first kappa shape index (κ1) is 12.9. The van der Waals surface area contributed by atoms with E-state index in [0.29, 0.717) is 12.1 Å². The summed E-state index contributed by atoms with van der Waals surface area (Å²) in [6.07, 6.45) is 1.16. The second-order valence-corrected chi connectivity index (χ2v) is 4.57. The molecule has 0 aliphatic carbocycles. The Morgan fingerprint density at radius 1 is 1.40 bits per heavy atom. The second-order valence-electron chi connectivity index (χ2n) is 4.57. The van der Waals surface area contributed by atoms with Gasteiger partial charge in [-0.05, 0) is 27.6 Å². The summed E-state index contributed by atoms with van der Waals surface area (Å²) >= 11 is 0. The minimum atomic E-state index is 0.467. The number of methoxy groups -OCH3 is 1. The van der Waals surface area contributed by atoms with Crippen molar-refractivity contribution in [3.8, 4) is 0 Å². The van der Waals surface area contributed by atoms with E-state index in [1.807, 2.05) is 7.05 Å². The molecule has 0 aromatic heterocycles. The van der Waals surface area contributed by atoms with Crippen LogP contribution < -0.4 is 5.32 Å². The summed E-state index contributed by atoms with van der Waals surface area (Å²) in [6.45, 7) is 4.31. The maximum absolute atomic E-state index is 5.20. The summed E-state index contributed by atoms with van der Waals surface area (Å²) in [5, 5.41) is 3.32. The zero-order valence-corrected chi connectivity index (χ0v) is 10.5. The molecule has 4 nitrogen and oxygen atoms in total. The number of likely N-dealkylation sites (N-methyl/N-ethyl adjacent to an activating group) is 3. The fourth-order valence-electron chi connectivity index (χ4n) is 2.15. The summed E-state index contributed by atoms with van der Waals surface area (Å²) in [5.74, 6) is 0.